The lowest BCUT2D eigenvalue weighted by Gasteiger charge is -2.25. The number of nitrogens with zero attached hydrogens (tertiary/aromatic N) is 3. The summed E-state index contributed by atoms with van der Waals surface area (Å²) in [6, 6.07) is 7.77. The maximum atomic E-state index is 12.8. The van der Waals surface area contributed by atoms with Crippen LogP contribution in [0.2, 0.25) is 0 Å². The summed E-state index contributed by atoms with van der Waals surface area (Å²) in [5.41, 5.74) is 5.29. The maximum Gasteiger partial charge on any atom is 0.345 e. The molecular formula is C19H22N4O3. The van der Waals surface area contributed by atoms with Gasteiger partial charge in [-0.2, -0.15) is 5.10 Å². The Bertz CT molecular complexity index is 917. The fourth-order valence-corrected chi connectivity index (χ4v) is 2.96. The summed E-state index contributed by atoms with van der Waals surface area (Å²) < 4.78 is 6.48. The molecule has 0 radical (unpaired) electrons. The van der Waals surface area contributed by atoms with E-state index in [4.69, 9.17) is 4.74 Å². The number of aryl methyl sites for hydroxylation is 1. The van der Waals surface area contributed by atoms with Crippen LogP contribution >= 0.6 is 0 Å². The number of fused-ring (bicyclic) bond motifs is 1. The molecule has 1 unspecified atom stereocenters. The van der Waals surface area contributed by atoms with Crippen LogP contribution in [-0.4, -0.2) is 27.8 Å². The van der Waals surface area contributed by atoms with Crippen molar-refractivity contribution in [3.63, 3.8) is 0 Å². The van der Waals surface area contributed by atoms with Crippen molar-refractivity contribution in [2.24, 2.45) is 5.10 Å². The molecule has 1 atom stereocenters. The fourth-order valence-electron chi connectivity index (χ4n) is 2.96. The molecule has 0 saturated carbocycles. The fraction of sp³-hybridized carbons (Fsp3) is 0.368. The van der Waals surface area contributed by atoms with Gasteiger partial charge in [-0.25, -0.2) is 9.78 Å². The van der Waals surface area contributed by atoms with E-state index in [-0.39, 0.29) is 23.8 Å². The smallest absolute Gasteiger partial charge is 0.345 e. The first-order valence-electron chi connectivity index (χ1n) is 8.70. The lowest BCUT2D eigenvalue weighted by atomic mass is 10.0. The van der Waals surface area contributed by atoms with E-state index < -0.39 is 5.97 Å². The van der Waals surface area contributed by atoms with Gasteiger partial charge >= 0.3 is 5.97 Å². The van der Waals surface area contributed by atoms with E-state index >= 15 is 0 Å². The number of rotatable bonds is 4. The van der Waals surface area contributed by atoms with E-state index in [0.717, 1.165) is 17.7 Å². The normalized spacial score (nSPS) is 17.7. The van der Waals surface area contributed by atoms with Crippen LogP contribution in [0.3, 0.4) is 0 Å². The summed E-state index contributed by atoms with van der Waals surface area (Å²) in [7, 11) is 0. The number of hydrogen-bond donors (Lipinski definition) is 1. The molecule has 0 saturated heterocycles. The summed E-state index contributed by atoms with van der Waals surface area (Å²) in [6.07, 6.45) is 2.73. The van der Waals surface area contributed by atoms with E-state index in [9.17, 15) is 9.59 Å². The van der Waals surface area contributed by atoms with Crippen molar-refractivity contribution >= 4 is 17.4 Å². The van der Waals surface area contributed by atoms with Gasteiger partial charge in [-0.3, -0.25) is 14.8 Å². The molecule has 0 aliphatic carbocycles. The number of para-hydroxylation sites is 1. The number of benzene rings is 1. The third-order valence-corrected chi connectivity index (χ3v) is 4.44. The average Bonchev–Trinajstić information content (AvgIpc) is 2.62. The first-order chi connectivity index (χ1) is 12.5. The molecule has 0 amide bonds. The quantitative estimate of drug-likeness (QED) is 0.674. The zero-order chi connectivity index (χ0) is 18.7. The number of carbonyl (C=O) groups is 1. The number of nitrogens with one attached hydrogen (secondary N) is 1. The zero-order valence-electron chi connectivity index (χ0n) is 15.2. The number of hydrazone groups is 1. The number of ether oxygens (including phenoxy) is 1. The Morgan fingerprint density at radius 1 is 1.42 bits per heavy atom. The molecule has 1 N–H and O–H groups in total. The van der Waals surface area contributed by atoms with Gasteiger partial charge in [0.1, 0.15) is 11.3 Å². The number of hydrogen-bond acceptors (Lipinski definition) is 6. The average molecular weight is 354 g/mol. The van der Waals surface area contributed by atoms with E-state index in [0.29, 0.717) is 18.0 Å². The summed E-state index contributed by atoms with van der Waals surface area (Å²) in [6.45, 7) is 5.84. The van der Waals surface area contributed by atoms with Gasteiger partial charge in [0.05, 0.1) is 12.3 Å². The SMILES string of the molecule is CCOC(=O)c1cnc2n(c1=O)C(C)CCC2=NNc1ccccc1C. The van der Waals surface area contributed by atoms with Gasteiger partial charge < -0.3 is 4.74 Å². The molecular weight excluding hydrogens is 332 g/mol. The molecule has 7 nitrogen and oxygen atoms in total. The molecule has 1 aromatic carbocycles. The van der Waals surface area contributed by atoms with Gasteiger partial charge in [-0.05, 0) is 45.2 Å². The highest BCUT2D eigenvalue weighted by molar-refractivity contribution is 5.99. The van der Waals surface area contributed by atoms with Crippen molar-refractivity contribution in [1.82, 2.24) is 9.55 Å². The summed E-state index contributed by atoms with van der Waals surface area (Å²) in [5, 5.41) is 4.47. The monoisotopic (exact) mass is 354 g/mol. The second kappa shape index (κ2) is 7.51. The largest absolute Gasteiger partial charge is 0.462 e. The highest BCUT2D eigenvalue weighted by atomic mass is 16.5. The van der Waals surface area contributed by atoms with Crippen LogP contribution in [0.4, 0.5) is 5.69 Å². The topological polar surface area (TPSA) is 85.6 Å². The molecule has 3 rings (SSSR count). The lowest BCUT2D eigenvalue weighted by molar-refractivity contribution is 0.0522. The molecule has 0 fully saturated rings. The van der Waals surface area contributed by atoms with Crippen LogP contribution in [-0.2, 0) is 4.74 Å². The van der Waals surface area contributed by atoms with Crippen molar-refractivity contribution in [3.8, 4) is 0 Å². The lowest BCUT2D eigenvalue weighted by Crippen LogP contribution is -2.37. The Hall–Kier alpha value is -2.96. The standard InChI is InChI=1S/C19H22N4O3/c1-4-26-19(25)14-11-20-17-16(10-9-13(3)23(17)18(14)24)22-21-15-8-6-5-7-12(15)2/h5-8,11,13,21H,4,9-10H2,1-3H3. The molecule has 7 heteroatoms. The second-order valence-electron chi connectivity index (χ2n) is 6.26. The van der Waals surface area contributed by atoms with Crippen molar-refractivity contribution in [2.45, 2.75) is 39.7 Å². The maximum absolute atomic E-state index is 12.8. The Labute approximate surface area is 151 Å². The van der Waals surface area contributed by atoms with Crippen LogP contribution in [0, 0.1) is 6.92 Å². The molecule has 2 heterocycles. The number of carbonyl (C=O) groups excluding carboxylic acids is 1. The van der Waals surface area contributed by atoms with Crippen LogP contribution in [0.1, 0.15) is 54.5 Å². The van der Waals surface area contributed by atoms with Crippen LogP contribution in [0.15, 0.2) is 40.4 Å². The minimum Gasteiger partial charge on any atom is -0.462 e. The zero-order valence-corrected chi connectivity index (χ0v) is 15.2. The van der Waals surface area contributed by atoms with E-state index in [1.54, 1.807) is 6.92 Å². The summed E-state index contributed by atoms with van der Waals surface area (Å²) in [4.78, 5) is 29.1. The van der Waals surface area contributed by atoms with Crippen LogP contribution in [0.5, 0.6) is 0 Å². The molecule has 0 bridgehead atoms. The molecule has 26 heavy (non-hydrogen) atoms. The highest BCUT2D eigenvalue weighted by Gasteiger charge is 2.27. The van der Waals surface area contributed by atoms with E-state index in [1.165, 1.54) is 10.8 Å². The Morgan fingerprint density at radius 2 is 2.19 bits per heavy atom. The first-order valence-corrected chi connectivity index (χ1v) is 8.70. The Kier molecular flexibility index (Phi) is 5.16. The number of anilines is 1. The molecule has 1 aliphatic heterocycles. The van der Waals surface area contributed by atoms with E-state index in [1.807, 2.05) is 38.1 Å². The third kappa shape index (κ3) is 3.37. The minimum atomic E-state index is -0.644. The van der Waals surface area contributed by atoms with E-state index in [2.05, 4.69) is 15.5 Å². The number of esters is 1. The Balaban J connectivity index is 1.99. The van der Waals surface area contributed by atoms with Gasteiger partial charge in [0.25, 0.3) is 5.56 Å². The van der Waals surface area contributed by atoms with Crippen molar-refractivity contribution in [3.05, 3.63) is 57.8 Å². The minimum absolute atomic E-state index is 0.0458. The molecule has 2 aromatic rings. The van der Waals surface area contributed by atoms with Gasteiger partial charge in [0.2, 0.25) is 0 Å². The Morgan fingerprint density at radius 3 is 2.92 bits per heavy atom. The molecule has 136 valence electrons. The van der Waals surface area contributed by atoms with Crippen molar-refractivity contribution < 1.29 is 9.53 Å². The van der Waals surface area contributed by atoms with Crippen LogP contribution in [0.25, 0.3) is 0 Å². The number of aromatic nitrogens is 2. The summed E-state index contributed by atoms with van der Waals surface area (Å²) in [5.74, 6) is -0.155. The van der Waals surface area contributed by atoms with Gasteiger partial charge in [0.15, 0.2) is 5.82 Å². The predicted octanol–water partition coefficient (Wildman–Crippen LogP) is 2.90. The van der Waals surface area contributed by atoms with Crippen molar-refractivity contribution in [2.75, 3.05) is 12.0 Å². The third-order valence-electron chi connectivity index (χ3n) is 4.44. The summed E-state index contributed by atoms with van der Waals surface area (Å²) >= 11 is 0. The predicted molar refractivity (Wildman–Crippen MR) is 99.7 cm³/mol. The molecule has 1 aromatic heterocycles. The molecule has 0 spiro atoms. The van der Waals surface area contributed by atoms with Gasteiger partial charge in [0, 0.05) is 12.2 Å². The van der Waals surface area contributed by atoms with Gasteiger partial charge in [-0.15, -0.1) is 0 Å². The first kappa shape index (κ1) is 17.8. The van der Waals surface area contributed by atoms with Gasteiger partial charge in [-0.1, -0.05) is 18.2 Å². The highest BCUT2D eigenvalue weighted by Crippen LogP contribution is 2.22. The van der Waals surface area contributed by atoms with Crippen molar-refractivity contribution in [1.29, 1.82) is 0 Å². The molecule has 1 aliphatic rings. The second-order valence-corrected chi connectivity index (χ2v) is 6.26. The van der Waals surface area contributed by atoms with Crippen LogP contribution < -0.4 is 11.0 Å².